The highest BCUT2D eigenvalue weighted by Crippen LogP contribution is 2.10. The van der Waals surface area contributed by atoms with Gasteiger partial charge in [-0.05, 0) is 23.8 Å². The van der Waals surface area contributed by atoms with E-state index >= 15 is 0 Å². The van der Waals surface area contributed by atoms with Crippen LogP contribution in [-0.4, -0.2) is 62.5 Å². The molecule has 0 aromatic heterocycles. The van der Waals surface area contributed by atoms with Crippen LogP contribution < -0.4 is 15.1 Å². The van der Waals surface area contributed by atoms with Crippen molar-refractivity contribution in [3.8, 4) is 0 Å². The smallest absolute Gasteiger partial charge is 0.279 e. The maximum atomic E-state index is 13.2. The number of fused-ring (bicyclic) bond motifs is 1. The first kappa shape index (κ1) is 20.5. The summed E-state index contributed by atoms with van der Waals surface area (Å²) in [6.07, 6.45) is 1.02. The molecule has 3 N–H and O–H groups in total. The number of quaternary nitrogens is 2. The van der Waals surface area contributed by atoms with Gasteiger partial charge in [0.05, 0.1) is 32.7 Å². The lowest BCUT2D eigenvalue weighted by Crippen LogP contribution is -3.16. The number of nitrogens with zero attached hydrogens (tertiary/aromatic N) is 1. The second-order valence-electron chi connectivity index (χ2n) is 8.24. The Morgan fingerprint density at radius 1 is 0.933 bits per heavy atom. The number of halogens is 1. The largest absolute Gasteiger partial charge is 0.327 e. The summed E-state index contributed by atoms with van der Waals surface area (Å²) in [7, 11) is 0. The van der Waals surface area contributed by atoms with Crippen molar-refractivity contribution < 1.29 is 23.8 Å². The fourth-order valence-corrected chi connectivity index (χ4v) is 4.37. The number of rotatable bonds is 5. The molecular formula is C23H29FN4O2+2. The predicted octanol–water partition coefficient (Wildman–Crippen LogP) is -0.867. The first-order valence-corrected chi connectivity index (χ1v) is 10.6. The Morgan fingerprint density at radius 2 is 1.70 bits per heavy atom. The molecule has 158 valence electrons. The van der Waals surface area contributed by atoms with Crippen LogP contribution in [0.3, 0.4) is 0 Å². The van der Waals surface area contributed by atoms with Crippen molar-refractivity contribution >= 4 is 17.5 Å². The molecule has 2 aliphatic heterocycles. The average Bonchev–Trinajstić information content (AvgIpc) is 2.74. The fourth-order valence-electron chi connectivity index (χ4n) is 4.37. The van der Waals surface area contributed by atoms with Crippen LogP contribution in [0.4, 0.5) is 10.1 Å². The molecule has 2 amide bonds. The number of carbonyl (C=O) groups is 2. The molecule has 7 heteroatoms. The lowest BCUT2D eigenvalue weighted by Gasteiger charge is -2.33. The second-order valence-corrected chi connectivity index (χ2v) is 8.24. The number of piperazine rings is 1. The van der Waals surface area contributed by atoms with Crippen molar-refractivity contribution in [3.63, 3.8) is 0 Å². The molecule has 2 heterocycles. The highest BCUT2D eigenvalue weighted by atomic mass is 19.1. The van der Waals surface area contributed by atoms with Gasteiger partial charge in [-0.3, -0.25) is 9.59 Å². The van der Waals surface area contributed by atoms with Crippen LogP contribution in [-0.2, 0) is 22.6 Å². The molecule has 0 radical (unpaired) electrons. The summed E-state index contributed by atoms with van der Waals surface area (Å²) in [6.45, 7) is 5.61. The molecule has 0 saturated carbocycles. The van der Waals surface area contributed by atoms with E-state index in [4.69, 9.17) is 0 Å². The zero-order valence-corrected chi connectivity index (χ0v) is 17.1. The fraction of sp³-hybridized carbons (Fsp3) is 0.391. The Hall–Kier alpha value is -2.77. The van der Waals surface area contributed by atoms with Crippen molar-refractivity contribution in [2.24, 2.45) is 0 Å². The molecule has 1 unspecified atom stereocenters. The van der Waals surface area contributed by atoms with Gasteiger partial charge in [0.25, 0.3) is 11.8 Å². The predicted molar refractivity (Wildman–Crippen MR) is 112 cm³/mol. The van der Waals surface area contributed by atoms with Gasteiger partial charge in [0.2, 0.25) is 0 Å². The number of benzene rings is 2. The summed E-state index contributed by atoms with van der Waals surface area (Å²) in [5, 5.41) is 2.74. The highest BCUT2D eigenvalue weighted by Gasteiger charge is 2.28. The first-order valence-electron chi connectivity index (χ1n) is 10.6. The quantitative estimate of drug-likeness (QED) is 0.598. The molecule has 2 aliphatic rings. The van der Waals surface area contributed by atoms with Gasteiger partial charge in [-0.1, -0.05) is 30.3 Å². The van der Waals surface area contributed by atoms with Gasteiger partial charge in [-0.2, -0.15) is 0 Å². The molecule has 1 saturated heterocycles. The number of amides is 2. The number of nitrogens with one attached hydrogen (secondary N) is 3. The third kappa shape index (κ3) is 5.23. The SMILES string of the molecule is O=C(C[NH+]1CCN(C(=O)C[NH+]2CCc3ccccc3C2)CC1)Nc1cccc(F)c1. The van der Waals surface area contributed by atoms with E-state index in [0.717, 1.165) is 37.5 Å². The van der Waals surface area contributed by atoms with Crippen molar-refractivity contribution in [3.05, 3.63) is 65.5 Å². The molecule has 2 aromatic rings. The second kappa shape index (κ2) is 9.36. The van der Waals surface area contributed by atoms with E-state index in [-0.39, 0.29) is 17.6 Å². The third-order valence-corrected chi connectivity index (χ3v) is 6.05. The van der Waals surface area contributed by atoms with Crippen molar-refractivity contribution in [1.82, 2.24) is 4.90 Å². The molecule has 1 atom stereocenters. The molecule has 6 nitrogen and oxygen atoms in total. The van der Waals surface area contributed by atoms with E-state index in [1.807, 2.05) is 4.90 Å². The minimum absolute atomic E-state index is 0.133. The van der Waals surface area contributed by atoms with Crippen LogP contribution >= 0.6 is 0 Å². The van der Waals surface area contributed by atoms with E-state index in [2.05, 4.69) is 29.6 Å². The van der Waals surface area contributed by atoms with Gasteiger partial charge in [0, 0.05) is 17.7 Å². The van der Waals surface area contributed by atoms with E-state index in [9.17, 15) is 14.0 Å². The molecule has 0 aliphatic carbocycles. The topological polar surface area (TPSA) is 58.3 Å². The molecule has 2 aromatic carbocycles. The van der Waals surface area contributed by atoms with Crippen molar-refractivity contribution in [2.45, 2.75) is 13.0 Å². The summed E-state index contributed by atoms with van der Waals surface area (Å²) in [5.41, 5.74) is 3.23. The minimum Gasteiger partial charge on any atom is -0.327 e. The zero-order chi connectivity index (χ0) is 20.9. The maximum Gasteiger partial charge on any atom is 0.279 e. The minimum atomic E-state index is -0.369. The Balaban J connectivity index is 1.20. The number of carbonyl (C=O) groups excluding carboxylic acids is 2. The summed E-state index contributed by atoms with van der Waals surface area (Å²) in [4.78, 5) is 29.4. The molecule has 0 spiro atoms. The van der Waals surface area contributed by atoms with Gasteiger partial charge in [0.1, 0.15) is 12.4 Å². The molecule has 4 rings (SSSR count). The number of hydrogen-bond acceptors (Lipinski definition) is 2. The van der Waals surface area contributed by atoms with Gasteiger partial charge in [0.15, 0.2) is 13.1 Å². The van der Waals surface area contributed by atoms with Gasteiger partial charge in [-0.25, -0.2) is 4.39 Å². The summed E-state index contributed by atoms with van der Waals surface area (Å²) >= 11 is 0. The zero-order valence-electron chi connectivity index (χ0n) is 17.1. The van der Waals surface area contributed by atoms with Gasteiger partial charge >= 0.3 is 0 Å². The lowest BCUT2D eigenvalue weighted by molar-refractivity contribution is -0.909. The Labute approximate surface area is 176 Å². The van der Waals surface area contributed by atoms with Crippen LogP contribution in [0, 0.1) is 5.82 Å². The Bertz CT molecular complexity index is 912. The monoisotopic (exact) mass is 412 g/mol. The number of hydrogen-bond donors (Lipinski definition) is 3. The number of anilines is 1. The molecule has 0 bridgehead atoms. The van der Waals surface area contributed by atoms with Gasteiger partial charge in [-0.15, -0.1) is 0 Å². The molecule has 30 heavy (non-hydrogen) atoms. The third-order valence-electron chi connectivity index (χ3n) is 6.05. The van der Waals surface area contributed by atoms with Crippen molar-refractivity contribution in [1.29, 1.82) is 0 Å². The summed E-state index contributed by atoms with van der Waals surface area (Å²) in [6, 6.07) is 14.4. The normalized spacial score (nSPS) is 19.2. The highest BCUT2D eigenvalue weighted by molar-refractivity contribution is 5.91. The summed E-state index contributed by atoms with van der Waals surface area (Å²) < 4.78 is 13.2. The van der Waals surface area contributed by atoms with E-state index in [1.54, 1.807) is 12.1 Å². The van der Waals surface area contributed by atoms with Crippen LogP contribution in [0.15, 0.2) is 48.5 Å². The lowest BCUT2D eigenvalue weighted by atomic mass is 10.00. The van der Waals surface area contributed by atoms with Crippen molar-refractivity contribution in [2.75, 3.05) is 51.1 Å². The molecular weight excluding hydrogens is 383 g/mol. The van der Waals surface area contributed by atoms with E-state index in [1.165, 1.54) is 28.2 Å². The van der Waals surface area contributed by atoms with Crippen LogP contribution in [0.2, 0.25) is 0 Å². The maximum absolute atomic E-state index is 13.2. The Kier molecular flexibility index (Phi) is 6.40. The molecule has 1 fully saturated rings. The van der Waals surface area contributed by atoms with Crippen LogP contribution in [0.5, 0.6) is 0 Å². The average molecular weight is 413 g/mol. The van der Waals surface area contributed by atoms with Crippen LogP contribution in [0.1, 0.15) is 11.1 Å². The van der Waals surface area contributed by atoms with E-state index < -0.39 is 0 Å². The standard InChI is InChI=1S/C23H27FN4O2/c24-20-6-3-7-21(14-20)25-22(29)16-26-10-12-28(13-11-26)23(30)17-27-9-8-18-4-1-2-5-19(18)15-27/h1-7,14H,8-13,15-17H2,(H,25,29)/p+2. The first-order chi connectivity index (χ1) is 14.6. The van der Waals surface area contributed by atoms with Crippen LogP contribution in [0.25, 0.3) is 0 Å². The van der Waals surface area contributed by atoms with Gasteiger partial charge < -0.3 is 20.0 Å². The van der Waals surface area contributed by atoms with E-state index in [0.29, 0.717) is 31.9 Å². The Morgan fingerprint density at radius 3 is 2.47 bits per heavy atom. The summed E-state index contributed by atoms with van der Waals surface area (Å²) in [5.74, 6) is -0.300.